The molecule has 0 radical (unpaired) electrons. The Morgan fingerprint density at radius 2 is 2.29 bits per heavy atom. The Balaban J connectivity index is 2.20. The van der Waals surface area contributed by atoms with Crippen molar-refractivity contribution in [2.75, 3.05) is 31.8 Å². The Labute approximate surface area is 124 Å². The van der Waals surface area contributed by atoms with Gasteiger partial charge in [-0.2, -0.15) is 0 Å². The van der Waals surface area contributed by atoms with Crippen LogP contribution in [-0.4, -0.2) is 44.7 Å². The summed E-state index contributed by atoms with van der Waals surface area (Å²) < 4.78 is 10.3. The van der Waals surface area contributed by atoms with Crippen molar-refractivity contribution in [2.24, 2.45) is 0 Å². The number of fused-ring (bicyclic) bond motifs is 1. The molecule has 1 heterocycles. The zero-order chi connectivity index (χ0) is 15.4. The van der Waals surface area contributed by atoms with E-state index in [1.54, 1.807) is 14.0 Å². The first-order chi connectivity index (χ1) is 10.0. The third-order valence-electron chi connectivity index (χ3n) is 3.37. The molecule has 1 aliphatic rings. The quantitative estimate of drug-likeness (QED) is 0.818. The highest BCUT2D eigenvalue weighted by Crippen LogP contribution is 2.34. The van der Waals surface area contributed by atoms with Gasteiger partial charge in [-0.1, -0.05) is 6.07 Å². The van der Waals surface area contributed by atoms with E-state index in [1.807, 2.05) is 25.1 Å². The molecule has 0 aromatic heterocycles. The molecule has 0 fully saturated rings. The molecule has 1 atom stereocenters. The van der Waals surface area contributed by atoms with Crippen LogP contribution in [0.2, 0.25) is 0 Å². The highest BCUT2D eigenvalue weighted by molar-refractivity contribution is 6.03. The standard InChI is InChI=1S/C15H20N2O4/c1-10-4-5-13-12(8-10)17(14(18)9-21-13)11(2)15(19)16-6-7-20-3/h4-5,8,11H,6-7,9H2,1-3H3,(H,16,19)/t11-/m1/s1. The highest BCUT2D eigenvalue weighted by Gasteiger charge is 2.32. The number of amides is 2. The number of rotatable bonds is 5. The fourth-order valence-electron chi connectivity index (χ4n) is 2.25. The Kier molecular flexibility index (Phi) is 4.80. The monoisotopic (exact) mass is 292 g/mol. The summed E-state index contributed by atoms with van der Waals surface area (Å²) in [5, 5.41) is 2.75. The number of hydrogen-bond donors (Lipinski definition) is 1. The van der Waals surface area contributed by atoms with Crippen LogP contribution in [0.25, 0.3) is 0 Å². The van der Waals surface area contributed by atoms with Crippen molar-refractivity contribution in [3.05, 3.63) is 23.8 Å². The van der Waals surface area contributed by atoms with Crippen LogP contribution < -0.4 is 15.0 Å². The fourth-order valence-corrected chi connectivity index (χ4v) is 2.25. The van der Waals surface area contributed by atoms with Gasteiger partial charge in [0, 0.05) is 13.7 Å². The summed E-state index contributed by atoms with van der Waals surface area (Å²) in [4.78, 5) is 25.8. The summed E-state index contributed by atoms with van der Waals surface area (Å²) in [5.41, 5.74) is 1.64. The summed E-state index contributed by atoms with van der Waals surface area (Å²) >= 11 is 0. The summed E-state index contributed by atoms with van der Waals surface area (Å²) in [6.45, 7) is 4.44. The number of carbonyl (C=O) groups is 2. The van der Waals surface area contributed by atoms with Crippen LogP contribution in [0.1, 0.15) is 12.5 Å². The van der Waals surface area contributed by atoms with Crippen molar-refractivity contribution >= 4 is 17.5 Å². The Hall–Kier alpha value is -2.08. The lowest BCUT2D eigenvalue weighted by Crippen LogP contribution is -2.51. The van der Waals surface area contributed by atoms with Crippen LogP contribution in [-0.2, 0) is 14.3 Å². The summed E-state index contributed by atoms with van der Waals surface area (Å²) in [7, 11) is 1.57. The van der Waals surface area contributed by atoms with E-state index in [1.165, 1.54) is 4.90 Å². The number of hydrogen-bond acceptors (Lipinski definition) is 4. The van der Waals surface area contributed by atoms with Crippen molar-refractivity contribution in [1.82, 2.24) is 5.32 Å². The largest absolute Gasteiger partial charge is 0.482 e. The van der Waals surface area contributed by atoms with Gasteiger partial charge in [-0.15, -0.1) is 0 Å². The van der Waals surface area contributed by atoms with Crippen LogP contribution in [0, 0.1) is 6.92 Å². The number of carbonyl (C=O) groups excluding carboxylic acids is 2. The van der Waals surface area contributed by atoms with E-state index in [9.17, 15) is 9.59 Å². The first-order valence-corrected chi connectivity index (χ1v) is 6.86. The van der Waals surface area contributed by atoms with Crippen molar-refractivity contribution in [3.8, 4) is 5.75 Å². The number of anilines is 1. The number of ether oxygens (including phenoxy) is 2. The predicted octanol–water partition coefficient (Wildman–Crippen LogP) is 0.872. The second-order valence-electron chi connectivity index (χ2n) is 4.98. The Morgan fingerprint density at radius 3 is 3.00 bits per heavy atom. The second-order valence-corrected chi connectivity index (χ2v) is 4.98. The van der Waals surface area contributed by atoms with Crippen LogP contribution in [0.4, 0.5) is 5.69 Å². The molecule has 21 heavy (non-hydrogen) atoms. The van der Waals surface area contributed by atoms with Gasteiger partial charge in [-0.3, -0.25) is 14.5 Å². The van der Waals surface area contributed by atoms with E-state index < -0.39 is 6.04 Å². The predicted molar refractivity (Wildman–Crippen MR) is 78.5 cm³/mol. The molecular weight excluding hydrogens is 272 g/mol. The lowest BCUT2D eigenvalue weighted by atomic mass is 10.1. The summed E-state index contributed by atoms with van der Waals surface area (Å²) in [5.74, 6) is 0.189. The number of aryl methyl sites for hydroxylation is 1. The number of nitrogens with zero attached hydrogens (tertiary/aromatic N) is 1. The molecule has 6 nitrogen and oxygen atoms in total. The smallest absolute Gasteiger partial charge is 0.265 e. The number of methoxy groups -OCH3 is 1. The lowest BCUT2D eigenvalue weighted by molar-refractivity contribution is -0.127. The molecule has 6 heteroatoms. The van der Waals surface area contributed by atoms with Crippen molar-refractivity contribution in [3.63, 3.8) is 0 Å². The van der Waals surface area contributed by atoms with Crippen LogP contribution >= 0.6 is 0 Å². The van der Waals surface area contributed by atoms with Gasteiger partial charge in [0.2, 0.25) is 5.91 Å². The SMILES string of the molecule is COCCNC(=O)[C@@H](C)N1C(=O)COc2ccc(C)cc21. The number of benzene rings is 1. The maximum atomic E-state index is 12.2. The molecule has 1 aliphatic heterocycles. The van der Waals surface area contributed by atoms with Crippen molar-refractivity contribution in [2.45, 2.75) is 19.9 Å². The second kappa shape index (κ2) is 6.58. The molecule has 2 rings (SSSR count). The molecule has 0 saturated carbocycles. The zero-order valence-corrected chi connectivity index (χ0v) is 12.5. The minimum absolute atomic E-state index is 0.0498. The minimum atomic E-state index is -0.598. The summed E-state index contributed by atoms with van der Waals surface area (Å²) in [6.07, 6.45) is 0. The van der Waals surface area contributed by atoms with Crippen LogP contribution in [0.15, 0.2) is 18.2 Å². The highest BCUT2D eigenvalue weighted by atomic mass is 16.5. The summed E-state index contributed by atoms with van der Waals surface area (Å²) in [6, 6.07) is 4.99. The van der Waals surface area contributed by atoms with E-state index in [-0.39, 0.29) is 18.4 Å². The molecule has 0 unspecified atom stereocenters. The Morgan fingerprint density at radius 1 is 1.52 bits per heavy atom. The van der Waals surface area contributed by atoms with Crippen LogP contribution in [0.3, 0.4) is 0 Å². The minimum Gasteiger partial charge on any atom is -0.482 e. The van der Waals surface area contributed by atoms with Crippen molar-refractivity contribution in [1.29, 1.82) is 0 Å². The van der Waals surface area contributed by atoms with E-state index in [0.717, 1.165) is 5.56 Å². The number of nitrogens with one attached hydrogen (secondary N) is 1. The molecular formula is C15H20N2O4. The average molecular weight is 292 g/mol. The van der Waals surface area contributed by atoms with E-state index in [2.05, 4.69) is 5.32 Å². The third kappa shape index (κ3) is 3.33. The molecule has 0 bridgehead atoms. The van der Waals surface area contributed by atoms with Gasteiger partial charge < -0.3 is 14.8 Å². The fraction of sp³-hybridized carbons (Fsp3) is 0.467. The first-order valence-electron chi connectivity index (χ1n) is 6.86. The molecule has 1 N–H and O–H groups in total. The van der Waals surface area contributed by atoms with E-state index in [0.29, 0.717) is 24.6 Å². The molecule has 1 aromatic rings. The molecule has 1 aromatic carbocycles. The molecule has 0 spiro atoms. The van der Waals surface area contributed by atoms with E-state index >= 15 is 0 Å². The van der Waals surface area contributed by atoms with Gasteiger partial charge in [0.25, 0.3) is 5.91 Å². The Bertz CT molecular complexity index is 544. The maximum Gasteiger partial charge on any atom is 0.265 e. The maximum absolute atomic E-state index is 12.2. The van der Waals surface area contributed by atoms with Crippen molar-refractivity contribution < 1.29 is 19.1 Å². The van der Waals surface area contributed by atoms with Gasteiger partial charge in [0.05, 0.1) is 12.3 Å². The lowest BCUT2D eigenvalue weighted by Gasteiger charge is -2.33. The first kappa shape index (κ1) is 15.3. The van der Waals surface area contributed by atoms with Gasteiger partial charge >= 0.3 is 0 Å². The van der Waals surface area contributed by atoms with Gasteiger partial charge in [-0.05, 0) is 31.5 Å². The van der Waals surface area contributed by atoms with Gasteiger partial charge in [0.1, 0.15) is 11.8 Å². The zero-order valence-electron chi connectivity index (χ0n) is 12.5. The molecule has 114 valence electrons. The van der Waals surface area contributed by atoms with Gasteiger partial charge in [-0.25, -0.2) is 0 Å². The normalized spacial score (nSPS) is 15.2. The third-order valence-corrected chi connectivity index (χ3v) is 3.37. The van der Waals surface area contributed by atoms with Crippen LogP contribution in [0.5, 0.6) is 5.75 Å². The van der Waals surface area contributed by atoms with Gasteiger partial charge in [0.15, 0.2) is 6.61 Å². The topological polar surface area (TPSA) is 67.9 Å². The average Bonchev–Trinajstić information content (AvgIpc) is 2.46. The van der Waals surface area contributed by atoms with E-state index in [4.69, 9.17) is 9.47 Å². The molecule has 0 aliphatic carbocycles. The molecule has 2 amide bonds. The molecule has 0 saturated heterocycles.